The topological polar surface area (TPSA) is 55.6 Å². The average molecular weight is 197 g/mol. The molecule has 0 amide bonds. The van der Waals surface area contributed by atoms with Crippen LogP contribution < -0.4 is 0 Å². The molecule has 1 aromatic rings. The van der Waals surface area contributed by atoms with E-state index in [0.29, 0.717) is 6.54 Å². The van der Waals surface area contributed by atoms with Gasteiger partial charge in [-0.25, -0.2) is 9.78 Å². The van der Waals surface area contributed by atoms with Crippen molar-refractivity contribution in [2.75, 3.05) is 13.1 Å². The van der Waals surface area contributed by atoms with Crippen molar-refractivity contribution in [3.63, 3.8) is 0 Å². The molecular weight excluding hydrogens is 184 g/mol. The van der Waals surface area contributed by atoms with Gasteiger partial charge in [-0.15, -0.1) is 5.06 Å². The Hall–Kier alpha value is -1.36. The van der Waals surface area contributed by atoms with Gasteiger partial charge in [-0.1, -0.05) is 6.42 Å². The van der Waals surface area contributed by atoms with E-state index in [1.165, 1.54) is 17.7 Å². The maximum Gasteiger partial charge on any atom is 0.394 e. The third-order valence-corrected chi connectivity index (χ3v) is 2.00. The Morgan fingerprint density at radius 1 is 1.64 bits per heavy atom. The van der Waals surface area contributed by atoms with Crippen LogP contribution in [0.15, 0.2) is 17.0 Å². The Morgan fingerprint density at radius 2 is 2.57 bits per heavy atom. The predicted octanol–water partition coefficient (Wildman–Crippen LogP) is 1.23. The van der Waals surface area contributed by atoms with Crippen LogP contribution in [0.3, 0.4) is 0 Å². The van der Waals surface area contributed by atoms with Crippen LogP contribution in [0.1, 0.15) is 31.2 Å². The van der Waals surface area contributed by atoms with Crippen molar-refractivity contribution in [1.82, 2.24) is 10.0 Å². The zero-order chi connectivity index (χ0) is 10.7. The fourth-order valence-corrected chi connectivity index (χ4v) is 1.29. The molecule has 14 heavy (non-hydrogen) atoms. The van der Waals surface area contributed by atoms with Crippen LogP contribution in [0.5, 0.6) is 0 Å². The molecule has 1 saturated heterocycles. The van der Waals surface area contributed by atoms with Crippen LogP contribution in [0.25, 0.3) is 0 Å². The predicted molar refractivity (Wildman–Crippen MR) is 47.3 cm³/mol. The van der Waals surface area contributed by atoms with Gasteiger partial charge in [0, 0.05) is 14.4 Å². The van der Waals surface area contributed by atoms with Crippen LogP contribution in [-0.2, 0) is 4.84 Å². The van der Waals surface area contributed by atoms with Gasteiger partial charge >= 0.3 is 5.97 Å². The summed E-state index contributed by atoms with van der Waals surface area (Å²) in [5.74, 6) is -0.528. The first-order valence-electron chi connectivity index (χ1n) is 5.15. The highest BCUT2D eigenvalue weighted by Gasteiger charge is 2.18. The number of hydrogen-bond acceptors (Lipinski definition) is 5. The molecule has 5 heteroatoms. The smallest absolute Gasteiger partial charge is 0.394 e. The van der Waals surface area contributed by atoms with Crippen molar-refractivity contribution in [1.29, 1.82) is 0 Å². The minimum atomic E-state index is -0.591. The molecule has 5 nitrogen and oxygen atoms in total. The molecule has 0 spiro atoms. The monoisotopic (exact) mass is 197 g/mol. The standard InChI is InChI=1S/C9H12N2O3/c12-9(8-6-10-7-13-8)14-11-4-2-1-3-5-11/h6-7H,1-5H2/i4D. The van der Waals surface area contributed by atoms with Crippen LogP contribution >= 0.6 is 0 Å². The largest absolute Gasteiger partial charge is 0.436 e. The third-order valence-electron chi connectivity index (χ3n) is 2.00. The number of aromatic nitrogens is 1. The zero-order valence-corrected chi connectivity index (χ0v) is 7.68. The number of rotatable bonds is 2. The minimum absolute atomic E-state index is 0.0628. The van der Waals surface area contributed by atoms with Crippen LogP contribution in [-0.4, -0.2) is 29.1 Å². The second-order valence-corrected chi connectivity index (χ2v) is 3.06. The van der Waals surface area contributed by atoms with Crippen molar-refractivity contribution in [2.45, 2.75) is 19.3 Å². The summed E-state index contributed by atoms with van der Waals surface area (Å²) in [5, 5.41) is 1.38. The van der Waals surface area contributed by atoms with Crippen molar-refractivity contribution in [2.24, 2.45) is 0 Å². The molecule has 1 atom stereocenters. The summed E-state index contributed by atoms with van der Waals surface area (Å²) >= 11 is 0. The van der Waals surface area contributed by atoms with E-state index in [1.807, 2.05) is 0 Å². The lowest BCUT2D eigenvalue weighted by atomic mass is 10.2. The highest BCUT2D eigenvalue weighted by atomic mass is 16.7. The van der Waals surface area contributed by atoms with E-state index in [4.69, 9.17) is 10.6 Å². The lowest BCUT2D eigenvalue weighted by molar-refractivity contribution is -0.121. The molecule has 0 aromatic carbocycles. The second-order valence-electron chi connectivity index (χ2n) is 3.06. The van der Waals surface area contributed by atoms with E-state index in [9.17, 15) is 4.79 Å². The van der Waals surface area contributed by atoms with Gasteiger partial charge in [0.2, 0.25) is 5.76 Å². The Balaban J connectivity index is 1.93. The van der Waals surface area contributed by atoms with E-state index in [1.54, 1.807) is 0 Å². The SMILES string of the molecule is [2H]C1CCCCN1OC(=O)c1cnco1. The number of carbonyl (C=O) groups excluding carboxylic acids is 1. The summed E-state index contributed by atoms with van der Waals surface area (Å²) in [6.45, 7) is 0.138. The number of hydrogen-bond donors (Lipinski definition) is 0. The molecule has 0 radical (unpaired) electrons. The Labute approximate surface area is 83.0 Å². The molecule has 1 aliphatic rings. The molecule has 2 rings (SSSR count). The third kappa shape index (κ3) is 2.11. The lowest BCUT2D eigenvalue weighted by Gasteiger charge is -2.24. The maximum absolute atomic E-state index is 11.4. The molecule has 1 aliphatic heterocycles. The first-order valence-corrected chi connectivity index (χ1v) is 4.57. The van der Waals surface area contributed by atoms with Gasteiger partial charge in [0.05, 0.1) is 6.20 Å². The summed E-state index contributed by atoms with van der Waals surface area (Å²) in [6, 6.07) is 0. The number of piperidine rings is 1. The number of hydroxylamine groups is 2. The van der Waals surface area contributed by atoms with Gasteiger partial charge in [-0.3, -0.25) is 0 Å². The average Bonchev–Trinajstić information content (AvgIpc) is 2.74. The molecule has 0 saturated carbocycles. The Kier molecular flexibility index (Phi) is 2.42. The lowest BCUT2D eigenvalue weighted by Crippen LogP contribution is -2.32. The molecular formula is C9H12N2O3. The molecule has 1 unspecified atom stereocenters. The number of carbonyl (C=O) groups is 1. The van der Waals surface area contributed by atoms with Crippen molar-refractivity contribution in [3.8, 4) is 0 Å². The summed E-state index contributed by atoms with van der Waals surface area (Å²) in [6.07, 6.45) is 5.14. The van der Waals surface area contributed by atoms with Gasteiger partial charge < -0.3 is 9.25 Å². The second kappa shape index (κ2) is 4.23. The van der Waals surface area contributed by atoms with E-state index < -0.39 is 12.5 Å². The van der Waals surface area contributed by atoms with E-state index in [-0.39, 0.29) is 5.76 Å². The van der Waals surface area contributed by atoms with Crippen LogP contribution in [0.2, 0.25) is 0 Å². The van der Waals surface area contributed by atoms with Crippen molar-refractivity contribution < 1.29 is 15.4 Å². The fourth-order valence-electron chi connectivity index (χ4n) is 1.29. The fraction of sp³-hybridized carbons (Fsp3) is 0.556. The van der Waals surface area contributed by atoms with Crippen molar-refractivity contribution >= 4 is 5.97 Å². The van der Waals surface area contributed by atoms with Gasteiger partial charge in [-0.05, 0) is 12.8 Å². The molecule has 0 N–H and O–H groups in total. The molecule has 1 aromatic heterocycles. The summed E-state index contributed by atoms with van der Waals surface area (Å²) in [5.41, 5.74) is 0. The van der Waals surface area contributed by atoms with Crippen LogP contribution in [0, 0.1) is 0 Å². The van der Waals surface area contributed by atoms with E-state index >= 15 is 0 Å². The van der Waals surface area contributed by atoms with Gasteiger partial charge in [0.25, 0.3) is 0 Å². The van der Waals surface area contributed by atoms with Crippen molar-refractivity contribution in [3.05, 3.63) is 18.4 Å². The molecule has 76 valence electrons. The normalized spacial score (nSPS) is 24.3. The van der Waals surface area contributed by atoms with Gasteiger partial charge in [-0.2, -0.15) is 0 Å². The van der Waals surface area contributed by atoms with Gasteiger partial charge in [0.1, 0.15) is 0 Å². The maximum atomic E-state index is 11.4. The quantitative estimate of drug-likeness (QED) is 0.713. The molecule has 2 heterocycles. The molecule has 0 bridgehead atoms. The number of nitrogens with zero attached hydrogens (tertiary/aromatic N) is 2. The molecule has 1 fully saturated rings. The van der Waals surface area contributed by atoms with Gasteiger partial charge in [0.15, 0.2) is 6.39 Å². The summed E-state index contributed by atoms with van der Waals surface area (Å²) in [4.78, 5) is 20.1. The zero-order valence-electron chi connectivity index (χ0n) is 8.68. The minimum Gasteiger partial charge on any atom is -0.436 e. The van der Waals surface area contributed by atoms with Crippen LogP contribution in [0.4, 0.5) is 0 Å². The number of oxazole rings is 1. The Bertz CT molecular complexity index is 328. The highest BCUT2D eigenvalue weighted by molar-refractivity contribution is 5.85. The highest BCUT2D eigenvalue weighted by Crippen LogP contribution is 2.10. The van der Waals surface area contributed by atoms with E-state index in [0.717, 1.165) is 19.3 Å². The Morgan fingerprint density at radius 3 is 3.29 bits per heavy atom. The first kappa shape index (κ1) is 7.99. The summed E-state index contributed by atoms with van der Waals surface area (Å²) < 4.78 is 12.4. The molecule has 0 aliphatic carbocycles. The first-order chi connectivity index (χ1) is 7.27. The summed E-state index contributed by atoms with van der Waals surface area (Å²) in [7, 11) is 0. The van der Waals surface area contributed by atoms with E-state index in [2.05, 4.69) is 4.98 Å².